The predicted octanol–water partition coefficient (Wildman–Crippen LogP) is 7.49. The highest BCUT2D eigenvalue weighted by Crippen LogP contribution is 2.67. The summed E-state index contributed by atoms with van der Waals surface area (Å²) in [5, 5.41) is 0. The summed E-state index contributed by atoms with van der Waals surface area (Å²) in [5.74, 6) is 6.05. The molecule has 176 valence electrons. The monoisotopic (exact) mass is 428 g/mol. The molecule has 0 radical (unpaired) electrons. The molecule has 0 aliphatic heterocycles. The first-order valence-electron chi connectivity index (χ1n) is 13.7. The van der Waals surface area contributed by atoms with Gasteiger partial charge in [0, 0.05) is 25.2 Å². The maximum atomic E-state index is 13.3. The lowest BCUT2D eigenvalue weighted by atomic mass is 9.44. The van der Waals surface area contributed by atoms with Crippen LogP contribution in [-0.4, -0.2) is 11.6 Å². The van der Waals surface area contributed by atoms with Crippen molar-refractivity contribution in [1.29, 1.82) is 0 Å². The van der Waals surface area contributed by atoms with Crippen molar-refractivity contribution in [2.75, 3.05) is 0 Å². The van der Waals surface area contributed by atoms with E-state index in [1.165, 1.54) is 44.9 Å². The van der Waals surface area contributed by atoms with Gasteiger partial charge in [-0.1, -0.05) is 54.4 Å². The second-order valence-electron chi connectivity index (χ2n) is 13.0. The molecule has 4 aliphatic carbocycles. The summed E-state index contributed by atoms with van der Waals surface area (Å²) in [6, 6.07) is 0. The van der Waals surface area contributed by atoms with Gasteiger partial charge in [0.1, 0.15) is 11.6 Å². The van der Waals surface area contributed by atoms with Crippen LogP contribution in [0, 0.1) is 58.2 Å². The number of Topliss-reactive ketones (excluding diaryl/α,β-unsaturated/α-hetero) is 2. The van der Waals surface area contributed by atoms with Crippen molar-refractivity contribution in [3.05, 3.63) is 0 Å². The molecule has 0 aromatic heterocycles. The highest BCUT2D eigenvalue weighted by molar-refractivity contribution is 5.90. The molecule has 0 unspecified atom stereocenters. The van der Waals surface area contributed by atoms with Crippen LogP contribution in [0.4, 0.5) is 0 Å². The Morgan fingerprint density at radius 3 is 2.29 bits per heavy atom. The first kappa shape index (κ1) is 23.5. The normalized spacial score (nSPS) is 44.5. The summed E-state index contributed by atoms with van der Waals surface area (Å²) in [7, 11) is 0. The quantitative estimate of drug-likeness (QED) is 0.439. The standard InChI is InChI=1S/C29H48O2/c1-7-20(18(2)3)9-8-19(4)23-10-11-24-22-17-27(31)26-16-21(30)12-14-29(26,6)25(22)13-15-28(23,24)5/h18-20,22-26H,7-17H2,1-6H3/t19-,20-,22-,23-,24-,25+,26-,28-,29-/m1/s1. The topological polar surface area (TPSA) is 34.1 Å². The van der Waals surface area contributed by atoms with Gasteiger partial charge in [0.25, 0.3) is 0 Å². The van der Waals surface area contributed by atoms with Crippen LogP contribution in [0.3, 0.4) is 0 Å². The number of rotatable bonds is 6. The Labute approximate surface area is 191 Å². The molecule has 2 heteroatoms. The van der Waals surface area contributed by atoms with Crippen molar-refractivity contribution in [2.24, 2.45) is 58.2 Å². The van der Waals surface area contributed by atoms with E-state index in [1.807, 2.05) is 0 Å². The summed E-state index contributed by atoms with van der Waals surface area (Å²) in [4.78, 5) is 25.4. The van der Waals surface area contributed by atoms with Crippen molar-refractivity contribution in [3.8, 4) is 0 Å². The van der Waals surface area contributed by atoms with E-state index in [-0.39, 0.29) is 11.3 Å². The molecular formula is C29H48O2. The Bertz CT molecular complexity index is 695. The van der Waals surface area contributed by atoms with Gasteiger partial charge in [0.05, 0.1) is 0 Å². The third kappa shape index (κ3) is 3.86. The Morgan fingerprint density at radius 1 is 0.903 bits per heavy atom. The summed E-state index contributed by atoms with van der Waals surface area (Å²) in [6.45, 7) is 14.7. The number of fused-ring (bicyclic) bond motifs is 5. The van der Waals surface area contributed by atoms with E-state index in [0.717, 1.165) is 42.4 Å². The molecule has 4 aliphatic rings. The van der Waals surface area contributed by atoms with Crippen LogP contribution in [0.25, 0.3) is 0 Å². The van der Waals surface area contributed by atoms with E-state index >= 15 is 0 Å². The zero-order valence-electron chi connectivity index (χ0n) is 21.2. The second kappa shape index (κ2) is 8.60. The van der Waals surface area contributed by atoms with Gasteiger partial charge >= 0.3 is 0 Å². The van der Waals surface area contributed by atoms with E-state index in [1.54, 1.807) is 0 Å². The summed E-state index contributed by atoms with van der Waals surface area (Å²) >= 11 is 0. The number of hydrogen-bond acceptors (Lipinski definition) is 2. The Hall–Kier alpha value is -0.660. The first-order chi connectivity index (χ1) is 14.6. The zero-order chi connectivity index (χ0) is 22.6. The summed E-state index contributed by atoms with van der Waals surface area (Å²) < 4.78 is 0. The lowest BCUT2D eigenvalue weighted by molar-refractivity contribution is -0.159. The molecule has 4 fully saturated rings. The largest absolute Gasteiger partial charge is 0.300 e. The van der Waals surface area contributed by atoms with Crippen molar-refractivity contribution in [1.82, 2.24) is 0 Å². The van der Waals surface area contributed by atoms with Crippen LogP contribution >= 0.6 is 0 Å². The smallest absolute Gasteiger partial charge is 0.137 e. The van der Waals surface area contributed by atoms with E-state index < -0.39 is 0 Å². The molecule has 0 heterocycles. The molecule has 0 spiro atoms. The fourth-order valence-electron chi connectivity index (χ4n) is 9.50. The molecule has 4 rings (SSSR count). The minimum absolute atomic E-state index is 0.0255. The lowest BCUT2D eigenvalue weighted by Gasteiger charge is -2.59. The van der Waals surface area contributed by atoms with Crippen LogP contribution in [0.15, 0.2) is 0 Å². The van der Waals surface area contributed by atoms with Gasteiger partial charge in [-0.25, -0.2) is 0 Å². The number of hydrogen-bond donors (Lipinski definition) is 0. The van der Waals surface area contributed by atoms with Gasteiger partial charge in [-0.05, 0) is 90.8 Å². The van der Waals surface area contributed by atoms with E-state index in [2.05, 4.69) is 41.5 Å². The van der Waals surface area contributed by atoms with Crippen LogP contribution in [0.5, 0.6) is 0 Å². The molecule has 0 amide bonds. The molecule has 9 atom stereocenters. The summed E-state index contributed by atoms with van der Waals surface area (Å²) in [6.07, 6.45) is 12.4. The van der Waals surface area contributed by atoms with Crippen LogP contribution in [0.1, 0.15) is 112 Å². The number of ketones is 2. The van der Waals surface area contributed by atoms with Crippen molar-refractivity contribution in [3.63, 3.8) is 0 Å². The molecule has 0 aromatic carbocycles. The van der Waals surface area contributed by atoms with Gasteiger partial charge in [0.15, 0.2) is 0 Å². The molecule has 0 bridgehead atoms. The van der Waals surface area contributed by atoms with Crippen LogP contribution in [0.2, 0.25) is 0 Å². The molecule has 0 saturated heterocycles. The Kier molecular flexibility index (Phi) is 6.52. The number of carbonyl (C=O) groups is 2. The number of carbonyl (C=O) groups excluding carboxylic acids is 2. The van der Waals surface area contributed by atoms with Gasteiger partial charge < -0.3 is 0 Å². The van der Waals surface area contributed by atoms with Gasteiger partial charge in [0.2, 0.25) is 0 Å². The van der Waals surface area contributed by atoms with E-state index in [9.17, 15) is 9.59 Å². The van der Waals surface area contributed by atoms with Crippen LogP contribution < -0.4 is 0 Å². The molecule has 4 saturated carbocycles. The first-order valence-corrected chi connectivity index (χ1v) is 13.7. The average Bonchev–Trinajstić information content (AvgIpc) is 3.07. The predicted molar refractivity (Wildman–Crippen MR) is 128 cm³/mol. The third-order valence-corrected chi connectivity index (χ3v) is 11.5. The minimum atomic E-state index is 0.0255. The highest BCUT2D eigenvalue weighted by atomic mass is 16.1. The van der Waals surface area contributed by atoms with E-state index in [0.29, 0.717) is 41.7 Å². The summed E-state index contributed by atoms with van der Waals surface area (Å²) in [5.41, 5.74) is 0.513. The van der Waals surface area contributed by atoms with Crippen molar-refractivity contribution in [2.45, 2.75) is 112 Å². The fourth-order valence-corrected chi connectivity index (χ4v) is 9.50. The Morgan fingerprint density at radius 2 is 1.61 bits per heavy atom. The second-order valence-corrected chi connectivity index (χ2v) is 13.0. The van der Waals surface area contributed by atoms with Gasteiger partial charge in [-0.3, -0.25) is 9.59 Å². The lowest BCUT2D eigenvalue weighted by Crippen LogP contribution is -2.56. The fraction of sp³-hybridized carbons (Fsp3) is 0.931. The molecule has 2 nitrogen and oxygen atoms in total. The van der Waals surface area contributed by atoms with E-state index in [4.69, 9.17) is 0 Å². The Balaban J connectivity index is 1.49. The highest BCUT2D eigenvalue weighted by Gasteiger charge is 2.62. The zero-order valence-corrected chi connectivity index (χ0v) is 21.2. The molecule has 0 aromatic rings. The van der Waals surface area contributed by atoms with Crippen molar-refractivity contribution < 1.29 is 9.59 Å². The SMILES string of the molecule is CC[C@H](CC[C@@H](C)[C@H]1CC[C@@H]2[C@H]3CC(=O)[C@H]4CC(=O)CC[C@]4(C)[C@H]3CC[C@@]21C)C(C)C. The van der Waals surface area contributed by atoms with Crippen molar-refractivity contribution >= 4 is 11.6 Å². The van der Waals surface area contributed by atoms with Gasteiger partial charge in [-0.2, -0.15) is 0 Å². The average molecular weight is 429 g/mol. The molecule has 0 N–H and O–H groups in total. The maximum absolute atomic E-state index is 13.3. The van der Waals surface area contributed by atoms with Crippen LogP contribution in [-0.2, 0) is 9.59 Å². The van der Waals surface area contributed by atoms with Gasteiger partial charge in [-0.15, -0.1) is 0 Å². The minimum Gasteiger partial charge on any atom is -0.300 e. The maximum Gasteiger partial charge on any atom is 0.137 e. The molecular weight excluding hydrogens is 380 g/mol. The molecule has 31 heavy (non-hydrogen) atoms. The third-order valence-electron chi connectivity index (χ3n) is 11.5.